The number of nitrogens with one attached hydrogen (secondary N) is 2. The lowest BCUT2D eigenvalue weighted by molar-refractivity contribution is 0.102. The number of hydrogen-bond donors (Lipinski definition) is 2. The summed E-state index contributed by atoms with van der Waals surface area (Å²) in [5.41, 5.74) is 2.11. The molecule has 7 nitrogen and oxygen atoms in total. The molecule has 3 aromatic heterocycles. The van der Waals surface area contributed by atoms with E-state index < -0.39 is 0 Å². The van der Waals surface area contributed by atoms with Crippen LogP contribution in [0.4, 0.5) is 10.7 Å². The van der Waals surface area contributed by atoms with E-state index >= 15 is 0 Å². The van der Waals surface area contributed by atoms with Gasteiger partial charge in [0.2, 0.25) is 0 Å². The van der Waals surface area contributed by atoms with Crippen molar-refractivity contribution in [3.8, 4) is 10.6 Å². The zero-order valence-electron chi connectivity index (χ0n) is 13.3. The maximum absolute atomic E-state index is 12.6. The van der Waals surface area contributed by atoms with Gasteiger partial charge in [-0.15, -0.1) is 11.3 Å². The molecule has 3 aromatic rings. The van der Waals surface area contributed by atoms with Gasteiger partial charge in [-0.3, -0.25) is 9.78 Å². The predicted molar refractivity (Wildman–Crippen MR) is 100 cm³/mol. The third-order valence-electron chi connectivity index (χ3n) is 3.87. The maximum Gasteiger partial charge on any atom is 0.275 e. The van der Waals surface area contributed by atoms with E-state index in [1.165, 1.54) is 22.9 Å². The fourth-order valence-electron chi connectivity index (χ4n) is 2.61. The number of pyridine rings is 1. The van der Waals surface area contributed by atoms with Crippen molar-refractivity contribution in [2.75, 3.05) is 36.4 Å². The quantitative estimate of drug-likeness (QED) is 0.731. The normalized spacial score (nSPS) is 14.5. The van der Waals surface area contributed by atoms with Crippen molar-refractivity contribution in [1.82, 2.24) is 19.7 Å². The van der Waals surface area contributed by atoms with Gasteiger partial charge in [-0.25, -0.2) is 4.98 Å². The molecule has 0 aliphatic carbocycles. The number of piperazine rings is 1. The smallest absolute Gasteiger partial charge is 0.275 e. The molecular weight excluding hydrogens is 356 g/mol. The van der Waals surface area contributed by atoms with E-state index in [4.69, 9.17) is 0 Å². The zero-order valence-corrected chi connectivity index (χ0v) is 14.9. The molecule has 0 unspecified atom stereocenters. The molecular formula is C16H16N6OS2. The van der Waals surface area contributed by atoms with Gasteiger partial charge in [-0.05, 0) is 23.7 Å². The summed E-state index contributed by atoms with van der Waals surface area (Å²) in [5.74, 6) is -0.215. The Morgan fingerprint density at radius 2 is 2.04 bits per heavy atom. The lowest BCUT2D eigenvalue weighted by Crippen LogP contribution is -2.43. The molecule has 1 aliphatic heterocycles. The summed E-state index contributed by atoms with van der Waals surface area (Å²) in [4.78, 5) is 23.2. The van der Waals surface area contributed by atoms with Crippen LogP contribution in [0, 0.1) is 0 Å². The van der Waals surface area contributed by atoms with Crippen LogP contribution in [0.25, 0.3) is 10.6 Å². The van der Waals surface area contributed by atoms with Gasteiger partial charge in [0, 0.05) is 49.5 Å². The summed E-state index contributed by atoms with van der Waals surface area (Å²) >= 11 is 2.85. The third kappa shape index (κ3) is 3.53. The Kier molecular flexibility index (Phi) is 4.68. The molecule has 9 heteroatoms. The van der Waals surface area contributed by atoms with Gasteiger partial charge >= 0.3 is 0 Å². The highest BCUT2D eigenvalue weighted by Gasteiger charge is 2.19. The van der Waals surface area contributed by atoms with Gasteiger partial charge in [-0.1, -0.05) is 0 Å². The minimum Gasteiger partial charge on any atom is -0.358 e. The van der Waals surface area contributed by atoms with E-state index in [1.54, 1.807) is 24.0 Å². The standard InChI is InChI=1S/C16H16N6OS2/c23-14(13-10-24-15(21-13)11-1-3-17-4-2-11)20-12-9-19-25-16(12)22-7-5-18-6-8-22/h1-4,9-10,18H,5-8H2,(H,20,23). The summed E-state index contributed by atoms with van der Waals surface area (Å²) in [6, 6.07) is 3.76. The summed E-state index contributed by atoms with van der Waals surface area (Å²) in [6.07, 6.45) is 5.14. The van der Waals surface area contributed by atoms with E-state index in [1.807, 2.05) is 12.1 Å². The first-order valence-corrected chi connectivity index (χ1v) is 9.54. The monoisotopic (exact) mass is 372 g/mol. The summed E-state index contributed by atoms with van der Waals surface area (Å²) in [6.45, 7) is 3.70. The molecule has 2 N–H and O–H groups in total. The Labute approximate surface area is 152 Å². The Bertz CT molecular complexity index is 856. The van der Waals surface area contributed by atoms with Crippen molar-refractivity contribution < 1.29 is 4.79 Å². The molecule has 25 heavy (non-hydrogen) atoms. The average molecular weight is 372 g/mol. The van der Waals surface area contributed by atoms with Crippen LogP contribution < -0.4 is 15.5 Å². The predicted octanol–water partition coefficient (Wildman–Crippen LogP) is 2.32. The second-order valence-electron chi connectivity index (χ2n) is 5.51. The van der Waals surface area contributed by atoms with Crippen molar-refractivity contribution in [2.24, 2.45) is 0 Å². The van der Waals surface area contributed by atoms with E-state index in [2.05, 4.69) is 29.9 Å². The second-order valence-corrected chi connectivity index (χ2v) is 7.15. The second kappa shape index (κ2) is 7.26. The number of rotatable bonds is 4. The minimum absolute atomic E-state index is 0.215. The molecule has 0 spiro atoms. The van der Waals surface area contributed by atoms with Crippen LogP contribution in [-0.4, -0.2) is 46.4 Å². The van der Waals surface area contributed by atoms with Crippen LogP contribution in [0.15, 0.2) is 36.1 Å². The van der Waals surface area contributed by atoms with Crippen molar-refractivity contribution in [2.45, 2.75) is 0 Å². The van der Waals surface area contributed by atoms with Crippen molar-refractivity contribution in [3.63, 3.8) is 0 Å². The highest BCUT2D eigenvalue weighted by Crippen LogP contribution is 2.31. The van der Waals surface area contributed by atoms with Crippen LogP contribution >= 0.6 is 22.9 Å². The SMILES string of the molecule is O=C(Nc1cnsc1N1CCNCC1)c1csc(-c2ccncc2)n1. The number of aromatic nitrogens is 3. The highest BCUT2D eigenvalue weighted by molar-refractivity contribution is 7.13. The van der Waals surface area contributed by atoms with Crippen molar-refractivity contribution in [1.29, 1.82) is 0 Å². The molecule has 4 rings (SSSR count). The van der Waals surface area contributed by atoms with Gasteiger partial charge < -0.3 is 15.5 Å². The van der Waals surface area contributed by atoms with E-state index in [0.29, 0.717) is 5.69 Å². The molecule has 0 radical (unpaired) electrons. The fourth-order valence-corrected chi connectivity index (χ4v) is 4.17. The molecule has 0 aromatic carbocycles. The van der Waals surface area contributed by atoms with Crippen LogP contribution in [0.3, 0.4) is 0 Å². The number of carbonyl (C=O) groups excluding carboxylic acids is 1. The Morgan fingerprint density at radius 1 is 1.24 bits per heavy atom. The van der Waals surface area contributed by atoms with Gasteiger partial charge in [-0.2, -0.15) is 4.37 Å². The zero-order chi connectivity index (χ0) is 17.1. The van der Waals surface area contributed by atoms with Crippen molar-refractivity contribution in [3.05, 3.63) is 41.8 Å². The summed E-state index contributed by atoms with van der Waals surface area (Å²) in [7, 11) is 0. The van der Waals surface area contributed by atoms with Gasteiger partial charge in [0.15, 0.2) is 0 Å². The van der Waals surface area contributed by atoms with E-state index in [9.17, 15) is 4.79 Å². The molecule has 1 fully saturated rings. The molecule has 4 heterocycles. The molecule has 1 amide bonds. The topological polar surface area (TPSA) is 83.0 Å². The number of thiazole rings is 1. The van der Waals surface area contributed by atoms with Crippen LogP contribution in [0.2, 0.25) is 0 Å². The highest BCUT2D eigenvalue weighted by atomic mass is 32.1. The van der Waals surface area contributed by atoms with Crippen molar-refractivity contribution >= 4 is 39.5 Å². The first kappa shape index (κ1) is 16.1. The van der Waals surface area contributed by atoms with Crippen LogP contribution in [0.5, 0.6) is 0 Å². The Hall–Kier alpha value is -2.36. The third-order valence-corrected chi connectivity index (χ3v) is 5.62. The fraction of sp³-hybridized carbons (Fsp3) is 0.250. The number of nitrogens with zero attached hydrogens (tertiary/aromatic N) is 4. The Morgan fingerprint density at radius 3 is 2.84 bits per heavy atom. The molecule has 1 aliphatic rings. The minimum atomic E-state index is -0.215. The molecule has 0 saturated carbocycles. The molecule has 0 bridgehead atoms. The number of anilines is 2. The maximum atomic E-state index is 12.6. The lowest BCUT2D eigenvalue weighted by Gasteiger charge is -2.28. The lowest BCUT2D eigenvalue weighted by atomic mass is 10.3. The number of hydrogen-bond acceptors (Lipinski definition) is 8. The average Bonchev–Trinajstić information content (AvgIpc) is 3.33. The molecule has 1 saturated heterocycles. The largest absolute Gasteiger partial charge is 0.358 e. The van der Waals surface area contributed by atoms with E-state index in [-0.39, 0.29) is 5.91 Å². The molecule has 0 atom stereocenters. The van der Waals surface area contributed by atoms with Gasteiger partial charge in [0.1, 0.15) is 15.7 Å². The van der Waals surface area contributed by atoms with Crippen LogP contribution in [0.1, 0.15) is 10.5 Å². The van der Waals surface area contributed by atoms with Gasteiger partial charge in [0.25, 0.3) is 5.91 Å². The van der Waals surface area contributed by atoms with Gasteiger partial charge in [0.05, 0.1) is 11.9 Å². The van der Waals surface area contributed by atoms with Crippen LogP contribution in [-0.2, 0) is 0 Å². The molecule has 128 valence electrons. The first-order valence-electron chi connectivity index (χ1n) is 7.89. The number of amides is 1. The first-order chi connectivity index (χ1) is 12.3. The number of carbonyl (C=O) groups is 1. The van der Waals surface area contributed by atoms with E-state index in [0.717, 1.165) is 47.4 Å². The summed E-state index contributed by atoms with van der Waals surface area (Å²) < 4.78 is 4.24. The Balaban J connectivity index is 1.50. The summed E-state index contributed by atoms with van der Waals surface area (Å²) in [5, 5.41) is 9.85.